The van der Waals surface area contributed by atoms with E-state index in [0.717, 1.165) is 4.47 Å². The van der Waals surface area contributed by atoms with E-state index < -0.39 is 0 Å². The second-order valence-corrected chi connectivity index (χ2v) is 7.18. The summed E-state index contributed by atoms with van der Waals surface area (Å²) in [4.78, 5) is 43.4. The van der Waals surface area contributed by atoms with Crippen molar-refractivity contribution in [3.8, 4) is 0 Å². The molecule has 2 rings (SSSR count). The quantitative estimate of drug-likeness (QED) is 0.685. The summed E-state index contributed by atoms with van der Waals surface area (Å²) in [6, 6.07) is 3.48. The van der Waals surface area contributed by atoms with Crippen LogP contribution in [-0.4, -0.2) is 72.9 Å². The molecule has 0 saturated carbocycles. The van der Waals surface area contributed by atoms with Gasteiger partial charge in [-0.25, -0.2) is 4.98 Å². The van der Waals surface area contributed by atoms with Crippen LogP contribution in [0.4, 0.5) is 5.82 Å². The van der Waals surface area contributed by atoms with Gasteiger partial charge in [0.25, 0.3) is 0 Å². The predicted molar refractivity (Wildman–Crippen MR) is 99.4 cm³/mol. The van der Waals surface area contributed by atoms with E-state index in [1.807, 2.05) is 0 Å². The average molecular weight is 427 g/mol. The van der Waals surface area contributed by atoms with Gasteiger partial charge in [0.05, 0.1) is 26.1 Å². The van der Waals surface area contributed by atoms with Gasteiger partial charge >= 0.3 is 5.97 Å². The molecule has 1 aromatic heterocycles. The highest BCUT2D eigenvalue weighted by molar-refractivity contribution is 9.10. The monoisotopic (exact) mass is 426 g/mol. The minimum atomic E-state index is -0.237. The molecule has 26 heavy (non-hydrogen) atoms. The maximum absolute atomic E-state index is 12.4. The van der Waals surface area contributed by atoms with Crippen molar-refractivity contribution < 1.29 is 19.1 Å². The Bertz CT molecular complexity index is 645. The number of aromatic nitrogens is 1. The second-order valence-electron chi connectivity index (χ2n) is 6.26. The van der Waals surface area contributed by atoms with Crippen molar-refractivity contribution in [3.05, 3.63) is 22.8 Å². The largest absolute Gasteiger partial charge is 0.469 e. The highest BCUT2D eigenvalue weighted by atomic mass is 79.9. The zero-order valence-corrected chi connectivity index (χ0v) is 16.5. The molecule has 1 aromatic rings. The number of amides is 2. The van der Waals surface area contributed by atoms with Crippen LogP contribution in [-0.2, 0) is 19.1 Å². The van der Waals surface area contributed by atoms with Crippen LogP contribution < -0.4 is 5.32 Å². The Hall–Kier alpha value is -2.00. The number of anilines is 1. The normalized spacial score (nSPS) is 15.0. The average Bonchev–Trinajstić information content (AvgIpc) is 2.62. The molecule has 0 bridgehead atoms. The van der Waals surface area contributed by atoms with Gasteiger partial charge in [-0.2, -0.15) is 0 Å². The Labute approximate surface area is 161 Å². The molecule has 1 saturated heterocycles. The Kier molecular flexibility index (Phi) is 7.52. The fourth-order valence-electron chi connectivity index (χ4n) is 2.80. The van der Waals surface area contributed by atoms with Crippen molar-refractivity contribution in [1.82, 2.24) is 14.8 Å². The topological polar surface area (TPSA) is 91.8 Å². The number of halogens is 1. The van der Waals surface area contributed by atoms with Gasteiger partial charge in [-0.15, -0.1) is 0 Å². The highest BCUT2D eigenvalue weighted by Gasteiger charge is 2.28. The third-order valence-electron chi connectivity index (χ3n) is 4.20. The van der Waals surface area contributed by atoms with Crippen LogP contribution in [0.3, 0.4) is 0 Å². The third kappa shape index (κ3) is 6.06. The zero-order valence-electron chi connectivity index (χ0n) is 14.9. The Balaban J connectivity index is 1.74. The lowest BCUT2D eigenvalue weighted by molar-refractivity contribution is -0.149. The number of likely N-dealkylation sites (N-methyl/N-ethyl adjacent to an activating group) is 1. The lowest BCUT2D eigenvalue weighted by Gasteiger charge is -2.31. The molecule has 0 aliphatic carbocycles. The van der Waals surface area contributed by atoms with Gasteiger partial charge in [-0.3, -0.25) is 19.3 Å². The predicted octanol–water partition coefficient (Wildman–Crippen LogP) is 1.13. The number of nitrogens with zero attached hydrogens (tertiary/aromatic N) is 3. The molecule has 1 aliphatic heterocycles. The molecule has 0 spiro atoms. The van der Waals surface area contributed by atoms with Crippen LogP contribution in [0, 0.1) is 5.92 Å². The van der Waals surface area contributed by atoms with Crippen molar-refractivity contribution in [3.63, 3.8) is 0 Å². The molecule has 2 heterocycles. The van der Waals surface area contributed by atoms with Crippen molar-refractivity contribution in [2.45, 2.75) is 12.8 Å². The number of rotatable bonds is 6. The van der Waals surface area contributed by atoms with Crippen LogP contribution in [0.1, 0.15) is 12.8 Å². The number of methoxy groups -OCH3 is 1. The molecule has 142 valence electrons. The fraction of sp³-hybridized carbons (Fsp3) is 0.529. The second kappa shape index (κ2) is 9.63. The van der Waals surface area contributed by atoms with E-state index in [1.165, 1.54) is 7.11 Å². The number of likely N-dealkylation sites (tertiary alicyclic amines) is 1. The van der Waals surface area contributed by atoms with Gasteiger partial charge < -0.3 is 15.0 Å². The molecule has 1 fully saturated rings. The summed E-state index contributed by atoms with van der Waals surface area (Å²) in [5, 5.41) is 2.69. The summed E-state index contributed by atoms with van der Waals surface area (Å²) in [7, 11) is 3.09. The summed E-state index contributed by atoms with van der Waals surface area (Å²) >= 11 is 3.28. The maximum Gasteiger partial charge on any atom is 0.308 e. The van der Waals surface area contributed by atoms with E-state index >= 15 is 0 Å². The minimum absolute atomic E-state index is 0.0506. The van der Waals surface area contributed by atoms with Crippen LogP contribution in [0.25, 0.3) is 0 Å². The highest BCUT2D eigenvalue weighted by Crippen LogP contribution is 2.18. The van der Waals surface area contributed by atoms with Gasteiger partial charge in [0, 0.05) is 23.8 Å². The van der Waals surface area contributed by atoms with E-state index in [-0.39, 0.29) is 36.8 Å². The summed E-state index contributed by atoms with van der Waals surface area (Å²) in [5.41, 5.74) is 0. The van der Waals surface area contributed by atoms with E-state index in [1.54, 1.807) is 35.2 Å². The minimum Gasteiger partial charge on any atom is -0.469 e. The third-order valence-corrected chi connectivity index (χ3v) is 4.66. The number of carbonyl (C=O) groups is 3. The molecular weight excluding hydrogens is 404 g/mol. The van der Waals surface area contributed by atoms with Gasteiger partial charge in [0.2, 0.25) is 11.8 Å². The van der Waals surface area contributed by atoms with Crippen molar-refractivity contribution in [2.24, 2.45) is 5.92 Å². The van der Waals surface area contributed by atoms with E-state index in [4.69, 9.17) is 4.74 Å². The molecular formula is C17H23BrN4O4. The first kappa shape index (κ1) is 20.3. The van der Waals surface area contributed by atoms with Crippen molar-refractivity contribution >= 4 is 39.5 Å². The molecule has 0 atom stereocenters. The molecule has 1 aliphatic rings. The SMILES string of the molecule is COC(=O)C1CCN(C(=O)CN(C)CC(=O)Nc2ccc(Br)cn2)CC1. The molecule has 1 N–H and O–H groups in total. The number of carbonyl (C=O) groups excluding carboxylic acids is 3. The maximum atomic E-state index is 12.4. The lowest BCUT2D eigenvalue weighted by atomic mass is 9.97. The lowest BCUT2D eigenvalue weighted by Crippen LogP contribution is -2.45. The molecule has 9 heteroatoms. The summed E-state index contributed by atoms with van der Waals surface area (Å²) in [5.74, 6) is -0.175. The molecule has 0 aromatic carbocycles. The number of hydrogen-bond acceptors (Lipinski definition) is 6. The van der Waals surface area contributed by atoms with Gasteiger partial charge in [-0.1, -0.05) is 0 Å². The first-order valence-corrected chi connectivity index (χ1v) is 9.14. The van der Waals surface area contributed by atoms with E-state index in [9.17, 15) is 14.4 Å². The summed E-state index contributed by atoms with van der Waals surface area (Å²) < 4.78 is 5.57. The molecule has 0 unspecified atom stereocenters. The Morgan fingerprint density at radius 1 is 1.31 bits per heavy atom. The van der Waals surface area contributed by atoms with E-state index in [2.05, 4.69) is 26.2 Å². The standard InChI is InChI=1S/C17H23BrN4O4/c1-21(10-15(23)20-14-4-3-13(18)9-19-14)11-16(24)22-7-5-12(6-8-22)17(25)26-2/h3-4,9,12H,5-8,10-11H2,1-2H3,(H,19,20,23). The number of hydrogen-bond donors (Lipinski definition) is 1. The first-order valence-electron chi connectivity index (χ1n) is 8.34. The summed E-state index contributed by atoms with van der Waals surface area (Å²) in [6.07, 6.45) is 2.82. The van der Waals surface area contributed by atoms with Gasteiger partial charge in [0.1, 0.15) is 5.82 Å². The van der Waals surface area contributed by atoms with Crippen molar-refractivity contribution in [1.29, 1.82) is 0 Å². The van der Waals surface area contributed by atoms with Crippen LogP contribution >= 0.6 is 15.9 Å². The fourth-order valence-corrected chi connectivity index (χ4v) is 3.03. The van der Waals surface area contributed by atoms with E-state index in [0.29, 0.717) is 31.7 Å². The van der Waals surface area contributed by atoms with Gasteiger partial charge in [0.15, 0.2) is 0 Å². The number of piperidine rings is 1. The zero-order chi connectivity index (χ0) is 19.1. The number of pyridine rings is 1. The number of esters is 1. The smallest absolute Gasteiger partial charge is 0.308 e. The number of ether oxygens (including phenoxy) is 1. The summed E-state index contributed by atoms with van der Waals surface area (Å²) in [6.45, 7) is 1.29. The first-order chi connectivity index (χ1) is 12.4. The molecule has 8 nitrogen and oxygen atoms in total. The number of nitrogens with one attached hydrogen (secondary N) is 1. The molecule has 0 radical (unpaired) electrons. The Morgan fingerprint density at radius 3 is 2.58 bits per heavy atom. The van der Waals surface area contributed by atoms with Crippen molar-refractivity contribution in [2.75, 3.05) is 45.7 Å². The van der Waals surface area contributed by atoms with Crippen LogP contribution in [0.2, 0.25) is 0 Å². The van der Waals surface area contributed by atoms with Crippen LogP contribution in [0.5, 0.6) is 0 Å². The molecule has 2 amide bonds. The Morgan fingerprint density at radius 2 is 2.00 bits per heavy atom. The van der Waals surface area contributed by atoms with Crippen LogP contribution in [0.15, 0.2) is 22.8 Å². The van der Waals surface area contributed by atoms with Gasteiger partial charge in [-0.05, 0) is 48.0 Å².